The van der Waals surface area contributed by atoms with Crippen LogP contribution in [-0.4, -0.2) is 146 Å². The summed E-state index contributed by atoms with van der Waals surface area (Å²) in [7, 11) is 0. The summed E-state index contributed by atoms with van der Waals surface area (Å²) in [6.07, 6.45) is 39.1. The van der Waals surface area contributed by atoms with Crippen molar-refractivity contribution >= 4 is 71.9 Å². The number of phenols is 1. The van der Waals surface area contributed by atoms with Gasteiger partial charge < -0.3 is 70.2 Å². The summed E-state index contributed by atoms with van der Waals surface area (Å²) in [6.45, 7) is 32.8. The molecule has 1 aliphatic rings. The molecule has 8 aromatic rings. The lowest BCUT2D eigenvalue weighted by Crippen LogP contribution is -2.33. The lowest BCUT2D eigenvalue weighted by molar-refractivity contribution is -0.695. The van der Waals surface area contributed by atoms with E-state index in [9.17, 15) is 53.1 Å². The average Bonchev–Trinajstić information content (AvgIpc) is 1.80. The number of halogens is 1. The van der Waals surface area contributed by atoms with Crippen molar-refractivity contribution in [3.8, 4) is 17.2 Å². The molecular weight excluding hydrogens is 1620 g/mol. The highest BCUT2D eigenvalue weighted by molar-refractivity contribution is 5.88. The van der Waals surface area contributed by atoms with Crippen LogP contribution in [0.25, 0.3) is 0 Å². The number of H-pyrrole nitrogens is 2. The number of aromatic amines is 2. The zero-order chi connectivity index (χ0) is 91.4. The molecule has 3 aromatic carbocycles. The second-order valence-electron chi connectivity index (χ2n) is 31.9. The fourth-order valence-electron chi connectivity index (χ4n) is 12.3. The molecule has 31 nitrogen and oxygen atoms in total. The normalized spacial score (nSPS) is 11.3. The summed E-state index contributed by atoms with van der Waals surface area (Å²) in [4.78, 5) is 130. The second kappa shape index (κ2) is 65.3. The summed E-state index contributed by atoms with van der Waals surface area (Å²) < 4.78 is 25.7. The highest BCUT2D eigenvalue weighted by atomic mass is 35.5. The molecule has 6 heterocycles. The number of amides is 4. The Labute approximate surface area is 744 Å². The molecule has 0 spiro atoms. The number of aryl methyl sites for hydroxylation is 5. The van der Waals surface area contributed by atoms with Gasteiger partial charge >= 0.3 is 35.8 Å². The van der Waals surface area contributed by atoms with E-state index >= 15 is 0 Å². The number of hydrogen-bond acceptors (Lipinski definition) is 18. The van der Waals surface area contributed by atoms with Crippen LogP contribution in [0, 0.1) is 0 Å². The number of carbonyl (C=O) groups is 10. The lowest BCUT2D eigenvalue weighted by Gasteiger charge is -2.18. The van der Waals surface area contributed by atoms with Crippen LogP contribution in [0.4, 0.5) is 0 Å². The van der Waals surface area contributed by atoms with Crippen LogP contribution in [0.3, 0.4) is 0 Å². The molecule has 0 unspecified atom stereocenters. The Balaban J connectivity index is 0.000000516. The smallest absolute Gasteiger partial charge is 0.313 e. The number of rotatable bonds is 45. The number of aromatic nitrogens is 10. The maximum absolute atomic E-state index is 12.4. The number of unbranched alkanes of at least 4 members (excludes halogenated alkanes) is 2. The zero-order valence-corrected chi connectivity index (χ0v) is 76.5. The molecule has 0 saturated carbocycles. The number of benzene rings is 3. The molecule has 1 fully saturated rings. The quantitative estimate of drug-likeness (QED) is 0.00557. The number of nitrogens with two attached hydrogens (primary N) is 1. The molecule has 1 saturated heterocycles. The van der Waals surface area contributed by atoms with Crippen molar-refractivity contribution in [3.63, 3.8) is 0 Å². The molecule has 0 aliphatic carbocycles. The number of carboxylic acid groups (broad SMARTS) is 2. The van der Waals surface area contributed by atoms with E-state index in [4.69, 9.17) is 25.4 Å². The number of phenolic OH excluding ortho intramolecular Hbond substituents is 1. The molecule has 690 valence electrons. The fourth-order valence-corrected chi connectivity index (χ4v) is 12.3. The van der Waals surface area contributed by atoms with E-state index < -0.39 is 11.9 Å². The predicted molar refractivity (Wildman–Crippen MR) is 482 cm³/mol. The molecule has 9 rings (SSSR count). The van der Waals surface area contributed by atoms with Gasteiger partial charge in [-0.1, -0.05) is 138 Å². The van der Waals surface area contributed by atoms with Gasteiger partial charge in [-0.15, -0.1) is 12.4 Å². The molecule has 0 radical (unpaired) electrons. The Bertz CT molecular complexity index is 4000. The molecule has 5 aromatic heterocycles. The minimum Gasteiger partial charge on any atom is -0.507 e. The number of aliphatic carboxylic acids is 2. The first kappa shape index (κ1) is 110. The molecule has 32 heteroatoms. The number of imidazole rings is 5. The van der Waals surface area contributed by atoms with Crippen LogP contribution in [0.15, 0.2) is 148 Å². The van der Waals surface area contributed by atoms with Crippen LogP contribution in [0.5, 0.6) is 17.2 Å². The van der Waals surface area contributed by atoms with Crippen LogP contribution in [0.1, 0.15) is 293 Å². The van der Waals surface area contributed by atoms with Crippen LogP contribution in [-0.2, 0) is 85.4 Å². The first-order valence-corrected chi connectivity index (χ1v) is 43.7. The number of hydrogen-bond donors (Lipinski definition) is 10. The van der Waals surface area contributed by atoms with E-state index in [0.717, 1.165) is 105 Å². The minimum atomic E-state index is -0.863. The number of para-hydroxylation sites is 3. The van der Waals surface area contributed by atoms with Crippen molar-refractivity contribution in [2.45, 2.75) is 293 Å². The van der Waals surface area contributed by atoms with Gasteiger partial charge in [0.15, 0.2) is 0 Å². The van der Waals surface area contributed by atoms with Gasteiger partial charge in [-0.05, 0) is 140 Å². The summed E-state index contributed by atoms with van der Waals surface area (Å²) in [6, 6.07) is 18.2. The Morgan fingerprint density at radius 3 is 1.02 bits per heavy atom. The van der Waals surface area contributed by atoms with Gasteiger partial charge in [0.05, 0.1) is 32.1 Å². The third kappa shape index (κ3) is 50.3. The van der Waals surface area contributed by atoms with Gasteiger partial charge in [-0.3, -0.25) is 57.9 Å². The van der Waals surface area contributed by atoms with E-state index in [1.165, 1.54) is 0 Å². The van der Waals surface area contributed by atoms with E-state index in [2.05, 4.69) is 134 Å². The molecule has 11 N–H and O–H groups in total. The lowest BCUT2D eigenvalue weighted by atomic mass is 9.94. The maximum Gasteiger partial charge on any atom is 0.313 e. The Morgan fingerprint density at radius 1 is 0.440 bits per heavy atom. The Kier molecular flexibility index (Phi) is 57.3. The summed E-state index contributed by atoms with van der Waals surface area (Å²) in [5.74, 6) is 0.758. The number of ether oxygens (including phenoxy) is 3. The summed E-state index contributed by atoms with van der Waals surface area (Å²) in [5, 5.41) is 38.1. The SMILES string of the molecule is CC(C)c1cccc(C(C)C)c1O.CC(C)c1cccc(C(C)C)c1OC(=O)CCCCC(=O)NCCC[n+]1cc[nH]c1.CC(C)c1cccc(C(C)C)c1OC(=O)CCCCC(=O)NCCC[n+]1cc[nH]c1.Cl.NCCCn1ccnc1.O=C(O)CCCC(=O)NCCCn1ccnc1.O=C(O)CCCC(=O)NCCCn1ccnc1.O=C1CCCC(=O)O1. The van der Waals surface area contributed by atoms with Gasteiger partial charge in [-0.25, -0.2) is 24.1 Å². The number of nitrogens with zero attached hydrogens (tertiary/aromatic N) is 8. The highest BCUT2D eigenvalue weighted by Gasteiger charge is 2.22. The monoisotopic (exact) mass is 1760 g/mol. The van der Waals surface area contributed by atoms with E-state index in [1.54, 1.807) is 37.6 Å². The fraction of sp³-hybridized carbons (Fsp3) is 0.538. The van der Waals surface area contributed by atoms with Crippen molar-refractivity contribution < 1.29 is 86.6 Å². The highest BCUT2D eigenvalue weighted by Crippen LogP contribution is 2.37. The predicted octanol–water partition coefficient (Wildman–Crippen LogP) is 14.3. The molecular formula is C93H142ClN15O16+2. The van der Waals surface area contributed by atoms with Gasteiger partial charge in [0, 0.05) is 160 Å². The first-order valence-electron chi connectivity index (χ1n) is 43.7. The summed E-state index contributed by atoms with van der Waals surface area (Å²) in [5.41, 5.74) is 11.7. The minimum absolute atomic E-state index is 0. The van der Waals surface area contributed by atoms with Crippen LogP contribution >= 0.6 is 12.4 Å². The van der Waals surface area contributed by atoms with Gasteiger partial charge in [0.2, 0.25) is 36.3 Å². The second-order valence-corrected chi connectivity index (χ2v) is 31.9. The van der Waals surface area contributed by atoms with Gasteiger partial charge in [0.25, 0.3) is 0 Å². The van der Waals surface area contributed by atoms with Crippen molar-refractivity contribution in [1.82, 2.24) is 59.9 Å². The molecule has 1 aliphatic heterocycles. The molecule has 0 atom stereocenters. The van der Waals surface area contributed by atoms with Crippen LogP contribution < -0.4 is 45.6 Å². The number of carboxylic acids is 2. The number of aromatic hydroxyl groups is 1. The number of esters is 4. The number of nitrogens with one attached hydrogen (secondary N) is 6. The topological polar surface area (TPSA) is 426 Å². The van der Waals surface area contributed by atoms with Crippen LogP contribution in [0.2, 0.25) is 0 Å². The third-order valence-electron chi connectivity index (χ3n) is 19.2. The standard InChI is InChI=1S/2C24H35N3O3.C12H18O.2C11H17N3O3.C6H11N3.C5H6O3.ClH/c2*1-18(2)20-9-7-10-21(19(3)4)24(20)30-23(29)12-6-5-11-22(28)26-13-8-15-27-16-14-25-17-27;1-8(2)10-6-5-7-11(9(3)4)12(10)13;2*15-10(3-1-4-11(16)17)13-5-2-7-14-8-6-12-9-14;7-2-1-4-9-5-3-8-6-9;6-4-2-1-3-5(7)8-4;/h2*7,9-10,14,16-19H,5-6,8,11-13,15H2,1-4H3,(H,26,28);5-9,13H,1-4H3;2*6,8-9H,1-5,7H2,(H,13,15)(H,16,17);3,5-6H,1-2,4,7H2;1-3H2;1H/p+2. The van der Waals surface area contributed by atoms with Crippen molar-refractivity contribution in [2.75, 3.05) is 32.7 Å². The Morgan fingerprint density at radius 2 is 0.744 bits per heavy atom. The molecule has 125 heavy (non-hydrogen) atoms. The van der Waals surface area contributed by atoms with E-state index in [0.29, 0.717) is 139 Å². The molecule has 0 bridgehead atoms. The molecule has 4 amide bonds. The van der Waals surface area contributed by atoms with E-state index in [-0.39, 0.29) is 109 Å². The van der Waals surface area contributed by atoms with Gasteiger partial charge in [-0.2, -0.15) is 0 Å². The Hall–Kier alpha value is -11.3. The average molecular weight is 1760 g/mol. The van der Waals surface area contributed by atoms with E-state index in [1.807, 2.05) is 133 Å². The largest absolute Gasteiger partial charge is 0.507 e. The zero-order valence-electron chi connectivity index (χ0n) is 75.7. The number of cyclic esters (lactones) is 2. The number of carbonyl (C=O) groups excluding carboxylic acids is 8. The van der Waals surface area contributed by atoms with Crippen molar-refractivity contribution in [1.29, 1.82) is 0 Å². The van der Waals surface area contributed by atoms with Gasteiger partial charge in [0.1, 0.15) is 42.0 Å². The summed E-state index contributed by atoms with van der Waals surface area (Å²) >= 11 is 0. The first-order chi connectivity index (χ1) is 59.4. The third-order valence-corrected chi connectivity index (χ3v) is 19.2. The maximum atomic E-state index is 12.4. The van der Waals surface area contributed by atoms with Crippen molar-refractivity contribution in [3.05, 3.63) is 182 Å². The van der Waals surface area contributed by atoms with Crippen molar-refractivity contribution in [2.24, 2.45) is 5.73 Å².